The van der Waals surface area contributed by atoms with E-state index in [1.165, 1.54) is 0 Å². The van der Waals surface area contributed by atoms with E-state index < -0.39 is 0 Å². The fraction of sp³-hybridized carbons (Fsp3) is 0.429. The smallest absolute Gasteiger partial charge is 0.254 e. The number of benzene rings is 1. The van der Waals surface area contributed by atoms with Gasteiger partial charge < -0.3 is 5.32 Å². The zero-order valence-electron chi connectivity index (χ0n) is 10.9. The molecule has 0 spiro atoms. The lowest BCUT2D eigenvalue weighted by atomic mass is 10.2. The summed E-state index contributed by atoms with van der Waals surface area (Å²) >= 11 is 0. The Morgan fingerprint density at radius 2 is 2.00 bits per heavy atom. The number of guanidine groups is 1. The third-order valence-corrected chi connectivity index (χ3v) is 2.95. The van der Waals surface area contributed by atoms with Crippen molar-refractivity contribution in [3.8, 4) is 0 Å². The van der Waals surface area contributed by atoms with Crippen molar-refractivity contribution < 1.29 is 4.79 Å². The minimum absolute atomic E-state index is 0.109. The van der Waals surface area contributed by atoms with Gasteiger partial charge in [0.2, 0.25) is 5.96 Å². The number of anilines is 1. The molecule has 0 saturated carbocycles. The Kier molecular flexibility index (Phi) is 3.97. The van der Waals surface area contributed by atoms with Crippen LogP contribution in [0.5, 0.6) is 0 Å². The van der Waals surface area contributed by atoms with Crippen LogP contribution in [0.1, 0.15) is 26.7 Å². The standard InChI is InChI=1S/C14H19N3O/c1-3-10-17-13(18)12(4-2)16-14(17)15-11-8-6-5-7-9-11/h5-9,12H,3-4,10H2,1-2H3,(H,15,16). The number of nitrogens with zero attached hydrogens (tertiary/aromatic N) is 2. The molecule has 2 rings (SSSR count). The maximum atomic E-state index is 12.1. The largest absolute Gasteiger partial charge is 0.326 e. The van der Waals surface area contributed by atoms with Gasteiger partial charge in [-0.1, -0.05) is 32.0 Å². The predicted molar refractivity (Wildman–Crippen MR) is 73.6 cm³/mol. The van der Waals surface area contributed by atoms with Crippen molar-refractivity contribution in [2.75, 3.05) is 11.9 Å². The summed E-state index contributed by atoms with van der Waals surface area (Å²) in [4.78, 5) is 18.3. The van der Waals surface area contributed by atoms with Gasteiger partial charge in [0.15, 0.2) is 0 Å². The van der Waals surface area contributed by atoms with Gasteiger partial charge in [0.1, 0.15) is 6.04 Å². The van der Waals surface area contributed by atoms with Gasteiger partial charge in [-0.05, 0) is 25.0 Å². The molecule has 4 nitrogen and oxygen atoms in total. The summed E-state index contributed by atoms with van der Waals surface area (Å²) < 4.78 is 0. The van der Waals surface area contributed by atoms with E-state index >= 15 is 0 Å². The predicted octanol–water partition coefficient (Wildman–Crippen LogP) is 2.49. The molecule has 0 aromatic heterocycles. The number of hydrogen-bond acceptors (Lipinski definition) is 3. The fourth-order valence-corrected chi connectivity index (χ4v) is 2.01. The van der Waals surface area contributed by atoms with E-state index in [-0.39, 0.29) is 11.9 Å². The molecular formula is C14H19N3O. The van der Waals surface area contributed by atoms with Crippen molar-refractivity contribution in [1.82, 2.24) is 4.90 Å². The van der Waals surface area contributed by atoms with E-state index in [1.807, 2.05) is 37.3 Å². The molecule has 1 N–H and O–H groups in total. The van der Waals surface area contributed by atoms with Gasteiger partial charge in [0, 0.05) is 12.2 Å². The second kappa shape index (κ2) is 5.67. The van der Waals surface area contributed by atoms with Gasteiger partial charge in [-0.2, -0.15) is 0 Å². The number of carbonyl (C=O) groups is 1. The molecule has 1 unspecified atom stereocenters. The third-order valence-electron chi connectivity index (χ3n) is 2.95. The molecular weight excluding hydrogens is 226 g/mol. The first-order valence-electron chi connectivity index (χ1n) is 6.47. The first-order valence-corrected chi connectivity index (χ1v) is 6.47. The second-order valence-corrected chi connectivity index (χ2v) is 4.36. The van der Waals surface area contributed by atoms with Gasteiger partial charge in [-0.3, -0.25) is 9.69 Å². The maximum absolute atomic E-state index is 12.1. The highest BCUT2D eigenvalue weighted by Gasteiger charge is 2.32. The summed E-state index contributed by atoms with van der Waals surface area (Å²) in [5.41, 5.74) is 0.960. The number of hydrogen-bond donors (Lipinski definition) is 1. The van der Waals surface area contributed by atoms with Crippen molar-refractivity contribution in [1.29, 1.82) is 0 Å². The quantitative estimate of drug-likeness (QED) is 0.885. The van der Waals surface area contributed by atoms with Crippen molar-refractivity contribution in [2.24, 2.45) is 4.99 Å². The van der Waals surface area contributed by atoms with Crippen LogP contribution >= 0.6 is 0 Å². The number of rotatable bonds is 4. The van der Waals surface area contributed by atoms with Crippen LogP contribution in [0.3, 0.4) is 0 Å². The highest BCUT2D eigenvalue weighted by atomic mass is 16.2. The second-order valence-electron chi connectivity index (χ2n) is 4.36. The van der Waals surface area contributed by atoms with Crippen LogP contribution in [0.2, 0.25) is 0 Å². The Morgan fingerprint density at radius 3 is 2.61 bits per heavy atom. The SMILES string of the molecule is CCCN1C(=O)C(CC)N=C1Nc1ccccc1. The van der Waals surface area contributed by atoms with E-state index in [4.69, 9.17) is 0 Å². The molecule has 0 radical (unpaired) electrons. The molecule has 1 aromatic rings. The van der Waals surface area contributed by atoms with Gasteiger partial charge in [0.05, 0.1) is 0 Å². The van der Waals surface area contributed by atoms with Crippen LogP contribution in [0, 0.1) is 0 Å². The maximum Gasteiger partial charge on any atom is 0.254 e. The summed E-state index contributed by atoms with van der Waals surface area (Å²) in [5.74, 6) is 0.790. The molecule has 18 heavy (non-hydrogen) atoms. The number of aliphatic imine (C=N–C) groups is 1. The minimum atomic E-state index is -0.220. The lowest BCUT2D eigenvalue weighted by Crippen LogP contribution is -2.38. The van der Waals surface area contributed by atoms with Crippen LogP contribution in [0.4, 0.5) is 5.69 Å². The van der Waals surface area contributed by atoms with Crippen LogP contribution in [0.25, 0.3) is 0 Å². The van der Waals surface area contributed by atoms with Crippen molar-refractivity contribution in [3.63, 3.8) is 0 Å². The molecule has 1 aliphatic heterocycles. The molecule has 0 saturated heterocycles. The van der Waals surface area contributed by atoms with E-state index in [1.54, 1.807) is 4.90 Å². The average Bonchev–Trinajstić information content (AvgIpc) is 2.69. The van der Waals surface area contributed by atoms with Crippen LogP contribution in [-0.4, -0.2) is 29.4 Å². The molecule has 96 valence electrons. The molecule has 1 amide bonds. The van der Waals surface area contributed by atoms with Crippen molar-refractivity contribution >= 4 is 17.6 Å². The first-order chi connectivity index (χ1) is 8.76. The van der Waals surface area contributed by atoms with Gasteiger partial charge >= 0.3 is 0 Å². The number of amides is 1. The van der Waals surface area contributed by atoms with Gasteiger partial charge in [-0.15, -0.1) is 0 Å². The number of para-hydroxylation sites is 1. The molecule has 1 atom stereocenters. The molecule has 1 aromatic carbocycles. The number of carbonyl (C=O) groups excluding carboxylic acids is 1. The lowest BCUT2D eigenvalue weighted by Gasteiger charge is -2.19. The highest BCUT2D eigenvalue weighted by molar-refractivity contribution is 6.10. The summed E-state index contributed by atoms with van der Waals surface area (Å²) in [6.07, 6.45) is 1.68. The van der Waals surface area contributed by atoms with E-state index in [2.05, 4.69) is 17.2 Å². The van der Waals surface area contributed by atoms with Crippen LogP contribution in [0.15, 0.2) is 35.3 Å². The monoisotopic (exact) mass is 245 g/mol. The van der Waals surface area contributed by atoms with E-state index in [9.17, 15) is 4.79 Å². The Hall–Kier alpha value is -1.84. The molecule has 1 aliphatic rings. The van der Waals surface area contributed by atoms with Crippen LogP contribution in [-0.2, 0) is 4.79 Å². The zero-order chi connectivity index (χ0) is 13.0. The molecule has 0 aliphatic carbocycles. The van der Waals surface area contributed by atoms with Gasteiger partial charge in [-0.25, -0.2) is 4.99 Å². The third kappa shape index (κ3) is 2.53. The number of nitrogens with one attached hydrogen (secondary N) is 1. The molecule has 1 heterocycles. The normalized spacial score (nSPS) is 19.0. The molecule has 0 bridgehead atoms. The first kappa shape index (κ1) is 12.6. The highest BCUT2D eigenvalue weighted by Crippen LogP contribution is 2.16. The lowest BCUT2D eigenvalue weighted by molar-refractivity contribution is -0.127. The summed E-state index contributed by atoms with van der Waals surface area (Å²) in [7, 11) is 0. The van der Waals surface area contributed by atoms with Gasteiger partial charge in [0.25, 0.3) is 5.91 Å². The zero-order valence-corrected chi connectivity index (χ0v) is 10.9. The average molecular weight is 245 g/mol. The van der Waals surface area contributed by atoms with Crippen molar-refractivity contribution in [2.45, 2.75) is 32.7 Å². The summed E-state index contributed by atoms with van der Waals surface area (Å²) in [6.45, 7) is 4.77. The summed E-state index contributed by atoms with van der Waals surface area (Å²) in [5, 5.41) is 3.23. The summed E-state index contributed by atoms with van der Waals surface area (Å²) in [6, 6.07) is 9.60. The Balaban J connectivity index is 2.16. The van der Waals surface area contributed by atoms with E-state index in [0.717, 1.165) is 18.5 Å². The van der Waals surface area contributed by atoms with Crippen molar-refractivity contribution in [3.05, 3.63) is 30.3 Å². The van der Waals surface area contributed by atoms with E-state index in [0.29, 0.717) is 12.5 Å². The Labute approximate surface area is 108 Å². The van der Waals surface area contributed by atoms with Crippen LogP contribution < -0.4 is 5.32 Å². The molecule has 0 fully saturated rings. The Morgan fingerprint density at radius 1 is 1.28 bits per heavy atom. The topological polar surface area (TPSA) is 44.7 Å². The Bertz CT molecular complexity index is 442. The molecule has 4 heteroatoms. The fourth-order valence-electron chi connectivity index (χ4n) is 2.01. The minimum Gasteiger partial charge on any atom is -0.326 e.